The molecule has 94 valence electrons. The van der Waals surface area contributed by atoms with Gasteiger partial charge >= 0.3 is 0 Å². The summed E-state index contributed by atoms with van der Waals surface area (Å²) in [5.41, 5.74) is 0.423. The van der Waals surface area contributed by atoms with Crippen molar-refractivity contribution in [2.45, 2.75) is 19.9 Å². The third-order valence-electron chi connectivity index (χ3n) is 2.64. The molecule has 0 aliphatic heterocycles. The zero-order chi connectivity index (χ0) is 13.0. The van der Waals surface area contributed by atoms with Crippen molar-refractivity contribution in [2.24, 2.45) is 5.92 Å². The van der Waals surface area contributed by atoms with Gasteiger partial charge in [-0.3, -0.25) is 4.79 Å². The van der Waals surface area contributed by atoms with Gasteiger partial charge in [0.15, 0.2) is 0 Å². The molecular weight excluding hydrogens is 308 g/mol. The maximum absolute atomic E-state index is 13.0. The second-order valence-electron chi connectivity index (χ2n) is 4.02. The largest absolute Gasteiger partial charge is 0.349 e. The van der Waals surface area contributed by atoms with Crippen LogP contribution in [0.1, 0.15) is 24.2 Å². The first-order valence-corrected chi connectivity index (χ1v) is 6.60. The van der Waals surface area contributed by atoms with Crippen molar-refractivity contribution in [3.05, 3.63) is 34.1 Å². The van der Waals surface area contributed by atoms with E-state index in [0.29, 0.717) is 11.4 Å². The van der Waals surface area contributed by atoms with Crippen molar-refractivity contribution >= 4 is 33.4 Å². The van der Waals surface area contributed by atoms with E-state index in [9.17, 15) is 9.18 Å². The van der Waals surface area contributed by atoms with E-state index in [1.165, 1.54) is 18.2 Å². The molecule has 2 unspecified atom stereocenters. The van der Waals surface area contributed by atoms with Crippen LogP contribution in [0.25, 0.3) is 0 Å². The Morgan fingerprint density at radius 3 is 2.71 bits per heavy atom. The molecule has 5 heteroatoms. The normalized spacial score (nSPS) is 14.2. The molecule has 0 aliphatic carbocycles. The molecule has 2 atom stereocenters. The van der Waals surface area contributed by atoms with Crippen LogP contribution in [0.2, 0.25) is 0 Å². The number of hydrogen-bond donors (Lipinski definition) is 1. The van der Waals surface area contributed by atoms with Crippen LogP contribution in [0.15, 0.2) is 22.7 Å². The van der Waals surface area contributed by atoms with Crippen molar-refractivity contribution in [3.8, 4) is 0 Å². The Balaban J connectivity index is 2.73. The number of carbonyl (C=O) groups excluding carboxylic acids is 1. The molecule has 0 bridgehead atoms. The Labute approximate surface area is 114 Å². The van der Waals surface area contributed by atoms with Gasteiger partial charge in [0.2, 0.25) is 0 Å². The van der Waals surface area contributed by atoms with E-state index in [2.05, 4.69) is 21.2 Å². The molecular formula is C12H14BrClFNO. The summed E-state index contributed by atoms with van der Waals surface area (Å²) in [5.74, 6) is 0.0533. The van der Waals surface area contributed by atoms with Gasteiger partial charge in [-0.05, 0) is 47.0 Å². The van der Waals surface area contributed by atoms with Crippen LogP contribution in [-0.4, -0.2) is 17.8 Å². The first-order valence-electron chi connectivity index (χ1n) is 5.27. The quantitative estimate of drug-likeness (QED) is 0.844. The average Bonchev–Trinajstić information content (AvgIpc) is 2.31. The van der Waals surface area contributed by atoms with Gasteiger partial charge < -0.3 is 5.32 Å². The molecule has 0 saturated heterocycles. The van der Waals surface area contributed by atoms with Gasteiger partial charge in [0, 0.05) is 17.5 Å². The minimum Gasteiger partial charge on any atom is -0.349 e. The van der Waals surface area contributed by atoms with Gasteiger partial charge in [-0.15, -0.1) is 11.6 Å². The lowest BCUT2D eigenvalue weighted by molar-refractivity contribution is 0.0931. The second-order valence-corrected chi connectivity index (χ2v) is 5.19. The molecule has 0 radical (unpaired) electrons. The summed E-state index contributed by atoms with van der Waals surface area (Å²) in [5, 5.41) is 2.83. The third kappa shape index (κ3) is 3.96. The summed E-state index contributed by atoms with van der Waals surface area (Å²) in [7, 11) is 0. The molecule has 17 heavy (non-hydrogen) atoms. The van der Waals surface area contributed by atoms with Gasteiger partial charge in [-0.2, -0.15) is 0 Å². The van der Waals surface area contributed by atoms with Crippen LogP contribution >= 0.6 is 27.5 Å². The van der Waals surface area contributed by atoms with Gasteiger partial charge in [0.1, 0.15) is 5.82 Å². The number of nitrogens with one attached hydrogen (secondary N) is 1. The highest BCUT2D eigenvalue weighted by atomic mass is 79.9. The predicted octanol–water partition coefficient (Wildman–Crippen LogP) is 3.58. The zero-order valence-corrected chi connectivity index (χ0v) is 12.0. The average molecular weight is 323 g/mol. The van der Waals surface area contributed by atoms with Crippen LogP contribution in [0.4, 0.5) is 4.39 Å². The number of alkyl halides is 1. The molecule has 0 saturated carbocycles. The Hall–Kier alpha value is -0.610. The Morgan fingerprint density at radius 2 is 2.18 bits per heavy atom. The summed E-state index contributed by atoms with van der Waals surface area (Å²) in [6, 6.07) is 4.15. The zero-order valence-electron chi connectivity index (χ0n) is 9.64. The van der Waals surface area contributed by atoms with Crippen LogP contribution < -0.4 is 5.32 Å². The molecule has 0 heterocycles. The minimum absolute atomic E-state index is 0.0242. The first-order chi connectivity index (χ1) is 7.95. The number of halogens is 3. The summed E-state index contributed by atoms with van der Waals surface area (Å²) in [4.78, 5) is 11.8. The topological polar surface area (TPSA) is 29.1 Å². The van der Waals surface area contributed by atoms with Crippen molar-refractivity contribution < 1.29 is 9.18 Å². The van der Waals surface area contributed by atoms with Crippen molar-refractivity contribution in [1.29, 1.82) is 0 Å². The first kappa shape index (κ1) is 14.5. The standard InChI is InChI=1S/C12H14BrClFNO/c1-7(6-14)8(2)16-12(17)9-3-4-11(15)10(13)5-9/h3-5,7-8H,6H2,1-2H3,(H,16,17). The Morgan fingerprint density at radius 1 is 1.53 bits per heavy atom. The van der Waals surface area contributed by atoms with E-state index in [-0.39, 0.29) is 28.2 Å². The van der Waals surface area contributed by atoms with E-state index in [4.69, 9.17) is 11.6 Å². The van der Waals surface area contributed by atoms with Crippen molar-refractivity contribution in [1.82, 2.24) is 5.32 Å². The molecule has 1 aromatic rings. The molecule has 1 amide bonds. The van der Waals surface area contributed by atoms with Gasteiger partial charge in [0.05, 0.1) is 4.47 Å². The van der Waals surface area contributed by atoms with E-state index >= 15 is 0 Å². The fourth-order valence-corrected chi connectivity index (χ4v) is 1.85. The van der Waals surface area contributed by atoms with E-state index < -0.39 is 0 Å². The van der Waals surface area contributed by atoms with Crippen LogP contribution in [0, 0.1) is 11.7 Å². The maximum atomic E-state index is 13.0. The highest BCUT2D eigenvalue weighted by molar-refractivity contribution is 9.10. The van der Waals surface area contributed by atoms with E-state index in [0.717, 1.165) is 0 Å². The fraction of sp³-hybridized carbons (Fsp3) is 0.417. The van der Waals surface area contributed by atoms with Crippen molar-refractivity contribution in [2.75, 3.05) is 5.88 Å². The van der Waals surface area contributed by atoms with Gasteiger partial charge in [0.25, 0.3) is 5.91 Å². The smallest absolute Gasteiger partial charge is 0.251 e. The third-order valence-corrected chi connectivity index (χ3v) is 3.73. The number of hydrogen-bond acceptors (Lipinski definition) is 1. The van der Waals surface area contributed by atoms with Crippen LogP contribution in [-0.2, 0) is 0 Å². The van der Waals surface area contributed by atoms with Crippen LogP contribution in [0.5, 0.6) is 0 Å². The number of carbonyl (C=O) groups is 1. The predicted molar refractivity (Wildman–Crippen MR) is 70.9 cm³/mol. The second kappa shape index (κ2) is 6.36. The Kier molecular flexibility index (Phi) is 5.40. The summed E-state index contributed by atoms with van der Waals surface area (Å²) < 4.78 is 13.3. The number of benzene rings is 1. The minimum atomic E-state index is -0.385. The van der Waals surface area contributed by atoms with Crippen LogP contribution in [0.3, 0.4) is 0 Å². The van der Waals surface area contributed by atoms with Crippen molar-refractivity contribution in [3.63, 3.8) is 0 Å². The van der Waals surface area contributed by atoms with Gasteiger partial charge in [-0.25, -0.2) is 4.39 Å². The summed E-state index contributed by atoms with van der Waals surface area (Å²) in [6.07, 6.45) is 0. The lowest BCUT2D eigenvalue weighted by Crippen LogP contribution is -2.37. The Bertz CT molecular complexity index is 413. The molecule has 1 aromatic carbocycles. The lowest BCUT2D eigenvalue weighted by Gasteiger charge is -2.19. The SMILES string of the molecule is CC(CCl)C(C)NC(=O)c1ccc(F)c(Br)c1. The number of amides is 1. The maximum Gasteiger partial charge on any atom is 0.251 e. The van der Waals surface area contributed by atoms with E-state index in [1.54, 1.807) is 0 Å². The molecule has 1 rings (SSSR count). The molecule has 0 aromatic heterocycles. The number of rotatable bonds is 4. The highest BCUT2D eigenvalue weighted by Crippen LogP contribution is 2.17. The van der Waals surface area contributed by atoms with E-state index in [1.807, 2.05) is 13.8 Å². The van der Waals surface area contributed by atoms with Gasteiger partial charge in [-0.1, -0.05) is 6.92 Å². The summed E-state index contributed by atoms with van der Waals surface area (Å²) in [6.45, 7) is 3.85. The molecule has 0 spiro atoms. The summed E-state index contributed by atoms with van der Waals surface area (Å²) >= 11 is 8.76. The molecule has 0 aliphatic rings. The molecule has 0 fully saturated rings. The lowest BCUT2D eigenvalue weighted by atomic mass is 10.1. The highest BCUT2D eigenvalue weighted by Gasteiger charge is 2.15. The monoisotopic (exact) mass is 321 g/mol. The molecule has 1 N–H and O–H groups in total. The fourth-order valence-electron chi connectivity index (χ4n) is 1.20. The molecule has 2 nitrogen and oxygen atoms in total.